The van der Waals surface area contributed by atoms with Crippen LogP contribution in [-0.2, 0) is 0 Å². The molecule has 0 saturated carbocycles. The highest BCUT2D eigenvalue weighted by Gasteiger charge is 2.13. The molecule has 106 valence electrons. The van der Waals surface area contributed by atoms with Gasteiger partial charge in [-0.25, -0.2) is 8.78 Å². The Kier molecular flexibility index (Phi) is 3.85. The van der Waals surface area contributed by atoms with E-state index in [4.69, 9.17) is 11.0 Å². The van der Waals surface area contributed by atoms with Crippen molar-refractivity contribution in [2.75, 3.05) is 11.1 Å². The Labute approximate surface area is 119 Å². The molecule has 2 rings (SSSR count). The van der Waals surface area contributed by atoms with Gasteiger partial charge in [-0.3, -0.25) is 4.79 Å². The molecule has 2 aromatic rings. The average Bonchev–Trinajstić information content (AvgIpc) is 2.46. The second-order valence-electron chi connectivity index (χ2n) is 4.43. The van der Waals surface area contributed by atoms with Gasteiger partial charge in [-0.05, 0) is 37.3 Å². The van der Waals surface area contributed by atoms with Crippen LogP contribution in [-0.4, -0.2) is 5.91 Å². The monoisotopic (exact) mass is 287 g/mol. The van der Waals surface area contributed by atoms with Gasteiger partial charge in [0.2, 0.25) is 0 Å². The van der Waals surface area contributed by atoms with Gasteiger partial charge in [0.05, 0.1) is 17.3 Å². The summed E-state index contributed by atoms with van der Waals surface area (Å²) in [5.41, 5.74) is 5.74. The molecule has 1 amide bonds. The molecule has 0 aliphatic heterocycles. The van der Waals surface area contributed by atoms with Gasteiger partial charge < -0.3 is 11.1 Å². The smallest absolute Gasteiger partial charge is 0.255 e. The zero-order valence-electron chi connectivity index (χ0n) is 11.1. The van der Waals surface area contributed by atoms with Crippen LogP contribution in [0.15, 0.2) is 30.3 Å². The Morgan fingerprint density at radius 3 is 2.57 bits per heavy atom. The minimum absolute atomic E-state index is 0.0452. The summed E-state index contributed by atoms with van der Waals surface area (Å²) in [5, 5.41) is 11.3. The van der Waals surface area contributed by atoms with Crippen LogP contribution < -0.4 is 11.1 Å². The van der Waals surface area contributed by atoms with E-state index in [0.29, 0.717) is 0 Å². The Morgan fingerprint density at radius 1 is 1.24 bits per heavy atom. The molecule has 0 radical (unpaired) electrons. The average molecular weight is 287 g/mol. The van der Waals surface area contributed by atoms with E-state index in [1.807, 2.05) is 0 Å². The van der Waals surface area contributed by atoms with Crippen LogP contribution in [0.25, 0.3) is 0 Å². The number of carbonyl (C=O) groups is 1. The number of nitrogens with one attached hydrogen (secondary N) is 1. The van der Waals surface area contributed by atoms with Gasteiger partial charge in [-0.15, -0.1) is 0 Å². The predicted octanol–water partition coefficient (Wildman–Crippen LogP) is 2.98. The summed E-state index contributed by atoms with van der Waals surface area (Å²) in [6.07, 6.45) is 0. The second kappa shape index (κ2) is 5.59. The van der Waals surface area contributed by atoms with Gasteiger partial charge in [0.15, 0.2) is 0 Å². The maximum Gasteiger partial charge on any atom is 0.255 e. The maximum absolute atomic E-state index is 13.6. The lowest BCUT2D eigenvalue weighted by atomic mass is 10.1. The fraction of sp³-hybridized carbons (Fsp3) is 0.0667. The normalized spacial score (nSPS) is 10.0. The lowest BCUT2D eigenvalue weighted by Gasteiger charge is -2.10. The van der Waals surface area contributed by atoms with Crippen molar-refractivity contribution in [3.63, 3.8) is 0 Å². The molecular weight excluding hydrogens is 276 g/mol. The number of nitriles is 1. The van der Waals surface area contributed by atoms with Gasteiger partial charge >= 0.3 is 0 Å². The quantitative estimate of drug-likeness (QED) is 0.833. The van der Waals surface area contributed by atoms with Crippen LogP contribution >= 0.6 is 0 Å². The zero-order chi connectivity index (χ0) is 15.6. The summed E-state index contributed by atoms with van der Waals surface area (Å²) in [4.78, 5) is 12.0. The topological polar surface area (TPSA) is 78.9 Å². The van der Waals surface area contributed by atoms with E-state index in [1.54, 1.807) is 6.07 Å². The third kappa shape index (κ3) is 2.98. The summed E-state index contributed by atoms with van der Waals surface area (Å²) in [5.74, 6) is -1.93. The number of hydrogen-bond donors (Lipinski definition) is 2. The lowest BCUT2D eigenvalue weighted by molar-refractivity contribution is 0.102. The van der Waals surface area contributed by atoms with E-state index in [-0.39, 0.29) is 28.1 Å². The van der Waals surface area contributed by atoms with E-state index in [1.165, 1.54) is 25.1 Å². The number of benzene rings is 2. The number of nitrogens with two attached hydrogens (primary N) is 1. The number of amides is 1. The van der Waals surface area contributed by atoms with Crippen molar-refractivity contribution < 1.29 is 13.6 Å². The molecule has 0 aliphatic rings. The third-order valence-corrected chi connectivity index (χ3v) is 2.98. The molecule has 3 N–H and O–H groups in total. The first-order chi connectivity index (χ1) is 9.92. The van der Waals surface area contributed by atoms with Gasteiger partial charge in [0, 0.05) is 16.8 Å². The molecule has 21 heavy (non-hydrogen) atoms. The summed E-state index contributed by atoms with van der Waals surface area (Å²) < 4.78 is 27.0. The Morgan fingerprint density at radius 2 is 1.95 bits per heavy atom. The van der Waals surface area contributed by atoms with Crippen molar-refractivity contribution in [2.45, 2.75) is 6.92 Å². The molecule has 4 nitrogen and oxygen atoms in total. The minimum Gasteiger partial charge on any atom is -0.396 e. The number of anilines is 2. The molecule has 0 aliphatic carbocycles. The van der Waals surface area contributed by atoms with E-state index < -0.39 is 17.5 Å². The molecule has 0 atom stereocenters. The van der Waals surface area contributed by atoms with Crippen LogP contribution in [0.1, 0.15) is 21.5 Å². The highest BCUT2D eigenvalue weighted by atomic mass is 19.1. The van der Waals surface area contributed by atoms with Crippen molar-refractivity contribution in [2.24, 2.45) is 0 Å². The van der Waals surface area contributed by atoms with Gasteiger partial charge in [-0.2, -0.15) is 5.26 Å². The summed E-state index contributed by atoms with van der Waals surface area (Å²) >= 11 is 0. The summed E-state index contributed by atoms with van der Waals surface area (Å²) in [6.45, 7) is 1.47. The lowest BCUT2D eigenvalue weighted by Crippen LogP contribution is -2.14. The fourth-order valence-electron chi connectivity index (χ4n) is 1.74. The SMILES string of the molecule is Cc1c(F)cc(C#N)cc1NC(=O)c1ccc(N)c(F)c1. The van der Waals surface area contributed by atoms with Gasteiger partial charge in [-0.1, -0.05) is 0 Å². The van der Waals surface area contributed by atoms with Crippen molar-refractivity contribution in [3.05, 3.63) is 58.7 Å². The molecule has 6 heteroatoms. The molecule has 0 spiro atoms. The molecule has 0 aromatic heterocycles. The molecule has 0 saturated heterocycles. The fourth-order valence-corrected chi connectivity index (χ4v) is 1.74. The first-order valence-electron chi connectivity index (χ1n) is 5.99. The zero-order valence-corrected chi connectivity index (χ0v) is 11.1. The molecule has 0 unspecified atom stereocenters. The number of hydrogen-bond acceptors (Lipinski definition) is 3. The highest BCUT2D eigenvalue weighted by molar-refractivity contribution is 6.04. The number of rotatable bonds is 2. The molecule has 0 bridgehead atoms. The predicted molar refractivity (Wildman–Crippen MR) is 74.6 cm³/mol. The van der Waals surface area contributed by atoms with Crippen molar-refractivity contribution >= 4 is 17.3 Å². The van der Waals surface area contributed by atoms with Gasteiger partial charge in [0.1, 0.15) is 11.6 Å². The van der Waals surface area contributed by atoms with Crippen LogP contribution in [0, 0.1) is 29.9 Å². The van der Waals surface area contributed by atoms with Crippen molar-refractivity contribution in [3.8, 4) is 6.07 Å². The minimum atomic E-state index is -0.712. The van der Waals surface area contributed by atoms with Crippen LogP contribution in [0.4, 0.5) is 20.2 Å². The van der Waals surface area contributed by atoms with Crippen LogP contribution in [0.3, 0.4) is 0 Å². The Balaban J connectivity index is 2.33. The molecule has 0 heterocycles. The van der Waals surface area contributed by atoms with Gasteiger partial charge in [0.25, 0.3) is 5.91 Å². The Hall–Kier alpha value is -2.94. The summed E-state index contributed by atoms with van der Waals surface area (Å²) in [6, 6.07) is 7.84. The van der Waals surface area contributed by atoms with E-state index in [2.05, 4.69) is 5.32 Å². The van der Waals surface area contributed by atoms with E-state index in [0.717, 1.165) is 12.1 Å². The first kappa shape index (κ1) is 14.5. The second-order valence-corrected chi connectivity index (χ2v) is 4.43. The highest BCUT2D eigenvalue weighted by Crippen LogP contribution is 2.21. The largest absolute Gasteiger partial charge is 0.396 e. The van der Waals surface area contributed by atoms with Crippen LogP contribution in [0.5, 0.6) is 0 Å². The first-order valence-corrected chi connectivity index (χ1v) is 5.99. The third-order valence-electron chi connectivity index (χ3n) is 2.98. The van der Waals surface area contributed by atoms with Crippen molar-refractivity contribution in [1.82, 2.24) is 0 Å². The molecular formula is C15H11F2N3O. The standard InChI is InChI=1S/C15H11F2N3O/c1-8-11(16)4-9(7-18)5-14(8)20-15(21)10-2-3-13(19)12(17)6-10/h2-6H,19H2,1H3,(H,20,21). The van der Waals surface area contributed by atoms with E-state index >= 15 is 0 Å². The molecule has 2 aromatic carbocycles. The number of carbonyl (C=O) groups excluding carboxylic acids is 1. The number of nitrogen functional groups attached to an aromatic ring is 1. The Bertz CT molecular complexity index is 766. The molecule has 0 fully saturated rings. The number of nitrogens with zero attached hydrogens (tertiary/aromatic N) is 1. The van der Waals surface area contributed by atoms with E-state index in [9.17, 15) is 13.6 Å². The maximum atomic E-state index is 13.6. The number of halogens is 2. The summed E-state index contributed by atoms with van der Waals surface area (Å²) in [7, 11) is 0. The van der Waals surface area contributed by atoms with Crippen LogP contribution in [0.2, 0.25) is 0 Å². The van der Waals surface area contributed by atoms with Crippen molar-refractivity contribution in [1.29, 1.82) is 5.26 Å².